The Hall–Kier alpha value is -1.48. The van der Waals surface area contributed by atoms with Gasteiger partial charge in [-0.3, -0.25) is 4.79 Å². The minimum absolute atomic E-state index is 0.196. The normalized spacial score (nSPS) is 10.8. The summed E-state index contributed by atoms with van der Waals surface area (Å²) in [5.41, 5.74) is 0. The van der Waals surface area contributed by atoms with Crippen LogP contribution in [0.3, 0.4) is 0 Å². The van der Waals surface area contributed by atoms with Crippen LogP contribution >= 0.6 is 0 Å². The molecule has 0 amide bonds. The van der Waals surface area contributed by atoms with E-state index in [0.717, 1.165) is 25.5 Å². The maximum atomic E-state index is 11.6. The van der Waals surface area contributed by atoms with Crippen LogP contribution in [0.25, 0.3) is 0 Å². The summed E-state index contributed by atoms with van der Waals surface area (Å²) in [5, 5.41) is 0. The van der Waals surface area contributed by atoms with Gasteiger partial charge in [-0.1, -0.05) is 19.9 Å². The van der Waals surface area contributed by atoms with E-state index in [1.165, 1.54) is 0 Å². The number of carbonyl (C=O) groups is 2. The molecule has 0 aromatic carbocycles. The van der Waals surface area contributed by atoms with E-state index < -0.39 is 5.97 Å². The van der Waals surface area contributed by atoms with Crippen LogP contribution in [-0.2, 0) is 33.3 Å². The number of rotatable bonds is 19. The maximum absolute atomic E-state index is 11.6. The summed E-state index contributed by atoms with van der Waals surface area (Å²) in [6.07, 6.45) is 3.79. The highest BCUT2D eigenvalue weighted by Crippen LogP contribution is 1.95. The maximum Gasteiger partial charge on any atom is 0.330 e. The molecule has 0 bridgehead atoms. The summed E-state index contributed by atoms with van der Waals surface area (Å²) >= 11 is 0. The van der Waals surface area contributed by atoms with Gasteiger partial charge in [0.25, 0.3) is 0 Å². The molecule has 0 aliphatic rings. The Morgan fingerprint density at radius 1 is 0.852 bits per heavy atom. The lowest BCUT2D eigenvalue weighted by molar-refractivity contribution is -0.145. The molecule has 0 aliphatic heterocycles. The highest BCUT2D eigenvalue weighted by atomic mass is 16.6. The van der Waals surface area contributed by atoms with E-state index in [0.29, 0.717) is 52.6 Å². The summed E-state index contributed by atoms with van der Waals surface area (Å²) in [5.74, 6) is -0.661. The second-order valence-electron chi connectivity index (χ2n) is 5.84. The lowest BCUT2D eigenvalue weighted by Crippen LogP contribution is -2.24. The molecule has 0 radical (unpaired) electrons. The van der Waals surface area contributed by atoms with E-state index in [2.05, 4.69) is 18.4 Å². The third kappa shape index (κ3) is 19.1. The first-order valence-corrected chi connectivity index (χ1v) is 9.46. The predicted octanol–water partition coefficient (Wildman–Crippen LogP) is 1.43. The Bertz CT molecular complexity index is 390. The second-order valence-corrected chi connectivity index (χ2v) is 5.84. The van der Waals surface area contributed by atoms with E-state index in [1.807, 2.05) is 7.05 Å². The summed E-state index contributed by atoms with van der Waals surface area (Å²) < 4.78 is 25.7. The van der Waals surface area contributed by atoms with Crippen LogP contribution in [0.2, 0.25) is 0 Å². The van der Waals surface area contributed by atoms with Crippen molar-refractivity contribution in [2.45, 2.75) is 26.2 Å². The van der Waals surface area contributed by atoms with Crippen LogP contribution in [0, 0.1) is 0 Å². The zero-order chi connectivity index (χ0) is 20.2. The molecular weight excluding hydrogens is 354 g/mol. The Labute approximate surface area is 162 Å². The van der Waals surface area contributed by atoms with Gasteiger partial charge in [0.2, 0.25) is 0 Å². The molecule has 8 heteroatoms. The van der Waals surface area contributed by atoms with Crippen molar-refractivity contribution in [2.24, 2.45) is 0 Å². The summed E-state index contributed by atoms with van der Waals surface area (Å²) in [6.45, 7) is 9.98. The van der Waals surface area contributed by atoms with Gasteiger partial charge in [0.05, 0.1) is 46.1 Å². The molecular formula is C19H35NO7. The van der Waals surface area contributed by atoms with Crippen molar-refractivity contribution in [1.82, 2.24) is 4.90 Å². The molecule has 0 saturated heterocycles. The van der Waals surface area contributed by atoms with Crippen molar-refractivity contribution in [3.8, 4) is 0 Å². The Balaban J connectivity index is 3.25. The molecule has 158 valence electrons. The molecule has 0 fully saturated rings. The average molecular weight is 389 g/mol. The fourth-order valence-corrected chi connectivity index (χ4v) is 1.91. The number of esters is 2. The van der Waals surface area contributed by atoms with Crippen LogP contribution in [0.15, 0.2) is 12.7 Å². The predicted molar refractivity (Wildman–Crippen MR) is 102 cm³/mol. The van der Waals surface area contributed by atoms with Crippen molar-refractivity contribution >= 4 is 11.9 Å². The van der Waals surface area contributed by atoms with E-state index >= 15 is 0 Å². The van der Waals surface area contributed by atoms with Crippen LogP contribution in [0.1, 0.15) is 26.2 Å². The molecule has 0 rings (SSSR count). The highest BCUT2D eigenvalue weighted by molar-refractivity contribution is 5.81. The average Bonchev–Trinajstić information content (AvgIpc) is 2.67. The summed E-state index contributed by atoms with van der Waals surface area (Å²) in [7, 11) is 2.01. The lowest BCUT2D eigenvalue weighted by atomic mass is 10.3. The summed E-state index contributed by atoms with van der Waals surface area (Å²) in [4.78, 5) is 24.5. The first kappa shape index (κ1) is 25.5. The topological polar surface area (TPSA) is 83.5 Å². The van der Waals surface area contributed by atoms with Crippen LogP contribution < -0.4 is 0 Å². The summed E-state index contributed by atoms with van der Waals surface area (Å²) in [6, 6.07) is 0. The fourth-order valence-electron chi connectivity index (χ4n) is 1.91. The number of hydrogen-bond donors (Lipinski definition) is 0. The number of carbonyl (C=O) groups excluding carboxylic acids is 2. The standard InChI is InChI=1S/C19H35NO7/c1-4-6-8-20(3)9-7-19(22)27-17-15-25-13-11-23-10-12-24-14-16-26-18(21)5-2/h5H,2,4,6-17H2,1,3H3. The van der Waals surface area contributed by atoms with E-state index in [4.69, 9.17) is 23.7 Å². The van der Waals surface area contributed by atoms with E-state index in [1.54, 1.807) is 0 Å². The lowest BCUT2D eigenvalue weighted by Gasteiger charge is -2.15. The number of nitrogens with zero attached hydrogens (tertiary/aromatic N) is 1. The molecule has 0 aliphatic carbocycles. The van der Waals surface area contributed by atoms with Gasteiger partial charge >= 0.3 is 11.9 Å². The zero-order valence-corrected chi connectivity index (χ0v) is 16.8. The zero-order valence-electron chi connectivity index (χ0n) is 16.8. The van der Waals surface area contributed by atoms with Gasteiger partial charge in [0, 0.05) is 12.6 Å². The van der Waals surface area contributed by atoms with Gasteiger partial charge < -0.3 is 28.6 Å². The van der Waals surface area contributed by atoms with Gasteiger partial charge in [-0.25, -0.2) is 4.79 Å². The van der Waals surface area contributed by atoms with Crippen molar-refractivity contribution in [3.63, 3.8) is 0 Å². The first-order valence-electron chi connectivity index (χ1n) is 9.46. The van der Waals surface area contributed by atoms with Gasteiger partial charge in [-0.2, -0.15) is 0 Å². The van der Waals surface area contributed by atoms with Crippen LogP contribution in [0.5, 0.6) is 0 Å². The molecule has 0 spiro atoms. The highest BCUT2D eigenvalue weighted by Gasteiger charge is 2.05. The van der Waals surface area contributed by atoms with Crippen LogP contribution in [-0.4, -0.2) is 89.8 Å². The smallest absolute Gasteiger partial charge is 0.330 e. The van der Waals surface area contributed by atoms with Crippen molar-refractivity contribution in [3.05, 3.63) is 12.7 Å². The van der Waals surface area contributed by atoms with Crippen molar-refractivity contribution < 1.29 is 33.3 Å². The van der Waals surface area contributed by atoms with Crippen molar-refractivity contribution in [2.75, 3.05) is 73.0 Å². The minimum atomic E-state index is -0.461. The fraction of sp³-hybridized carbons (Fsp3) is 0.789. The third-order valence-corrected chi connectivity index (χ3v) is 3.46. The van der Waals surface area contributed by atoms with Gasteiger partial charge in [-0.05, 0) is 20.0 Å². The third-order valence-electron chi connectivity index (χ3n) is 3.46. The largest absolute Gasteiger partial charge is 0.463 e. The molecule has 0 saturated carbocycles. The van der Waals surface area contributed by atoms with E-state index in [-0.39, 0.29) is 19.2 Å². The van der Waals surface area contributed by atoms with Crippen LogP contribution in [0.4, 0.5) is 0 Å². The molecule has 0 unspecified atom stereocenters. The van der Waals surface area contributed by atoms with Gasteiger partial charge in [0.1, 0.15) is 13.2 Å². The SMILES string of the molecule is C=CC(=O)OCCOCCOCCOCCOC(=O)CCN(C)CCCC. The van der Waals surface area contributed by atoms with E-state index in [9.17, 15) is 9.59 Å². The van der Waals surface area contributed by atoms with Gasteiger partial charge in [-0.15, -0.1) is 0 Å². The molecule has 0 aromatic rings. The Morgan fingerprint density at radius 3 is 1.89 bits per heavy atom. The Kier molecular flexibility index (Phi) is 18.2. The molecule has 0 aromatic heterocycles. The van der Waals surface area contributed by atoms with Gasteiger partial charge in [0.15, 0.2) is 0 Å². The van der Waals surface area contributed by atoms with Crippen molar-refractivity contribution in [1.29, 1.82) is 0 Å². The minimum Gasteiger partial charge on any atom is -0.463 e. The molecule has 0 atom stereocenters. The Morgan fingerprint density at radius 2 is 1.37 bits per heavy atom. The quantitative estimate of drug-likeness (QED) is 0.186. The molecule has 0 N–H and O–H groups in total. The second kappa shape index (κ2) is 19.3. The molecule has 27 heavy (non-hydrogen) atoms. The molecule has 0 heterocycles. The number of unbranched alkanes of at least 4 members (excludes halogenated alkanes) is 1. The number of ether oxygens (including phenoxy) is 5. The molecule has 8 nitrogen and oxygen atoms in total. The monoisotopic (exact) mass is 389 g/mol. The number of hydrogen-bond acceptors (Lipinski definition) is 8. The first-order chi connectivity index (χ1) is 13.1.